The zero-order valence-corrected chi connectivity index (χ0v) is 6.58. The van der Waals surface area contributed by atoms with Crippen molar-refractivity contribution in [3.63, 3.8) is 0 Å². The van der Waals surface area contributed by atoms with E-state index < -0.39 is 18.7 Å². The molecule has 0 amide bonds. The molecule has 6 heteroatoms. The van der Waals surface area contributed by atoms with Gasteiger partial charge in [-0.05, 0) is 6.42 Å². The molecular weight excluding hydrogens is 187 g/mol. The van der Waals surface area contributed by atoms with Crippen LogP contribution in [0.5, 0.6) is 0 Å². The fraction of sp³-hybridized carbons (Fsp3) is 0.571. The maximum Gasteiger partial charge on any atom is 0.389 e. The third kappa shape index (κ3) is 3.45. The van der Waals surface area contributed by atoms with Gasteiger partial charge in [-0.15, -0.1) is 0 Å². The van der Waals surface area contributed by atoms with Gasteiger partial charge in [0.25, 0.3) is 0 Å². The minimum absolute atomic E-state index is 0.268. The molecule has 0 bridgehead atoms. The van der Waals surface area contributed by atoms with Gasteiger partial charge in [-0.25, -0.2) is 0 Å². The Morgan fingerprint density at radius 2 is 2.23 bits per heavy atom. The summed E-state index contributed by atoms with van der Waals surface area (Å²) in [4.78, 5) is 0. The van der Waals surface area contributed by atoms with Crippen molar-refractivity contribution in [2.45, 2.75) is 25.1 Å². The van der Waals surface area contributed by atoms with Crippen molar-refractivity contribution < 1.29 is 22.8 Å². The number of hydrogen-bond donors (Lipinski definition) is 1. The van der Waals surface area contributed by atoms with Crippen molar-refractivity contribution in [1.29, 1.82) is 0 Å². The maximum atomic E-state index is 11.7. The van der Waals surface area contributed by atoms with Crippen LogP contribution in [-0.4, -0.2) is 16.4 Å². The Bertz CT molecular complexity index is 245. The molecule has 0 saturated carbocycles. The molecule has 1 atom stereocenters. The lowest BCUT2D eigenvalue weighted by Crippen LogP contribution is -2.09. The van der Waals surface area contributed by atoms with Crippen LogP contribution in [0.15, 0.2) is 17.0 Å². The molecule has 0 radical (unpaired) electrons. The van der Waals surface area contributed by atoms with E-state index >= 15 is 0 Å². The Balaban J connectivity index is 2.39. The highest BCUT2D eigenvalue weighted by Crippen LogP contribution is 2.26. The smallest absolute Gasteiger partial charge is 0.388 e. The summed E-state index contributed by atoms with van der Waals surface area (Å²) >= 11 is 0. The van der Waals surface area contributed by atoms with E-state index in [-0.39, 0.29) is 12.0 Å². The molecule has 0 saturated heterocycles. The molecule has 3 nitrogen and oxygen atoms in total. The fourth-order valence-corrected chi connectivity index (χ4v) is 0.845. The molecular formula is C7H8F3NO2. The highest BCUT2D eigenvalue weighted by atomic mass is 19.4. The van der Waals surface area contributed by atoms with Crippen molar-refractivity contribution in [3.05, 3.63) is 18.0 Å². The van der Waals surface area contributed by atoms with Gasteiger partial charge in [0.15, 0.2) is 0 Å². The van der Waals surface area contributed by atoms with E-state index in [0.717, 1.165) is 6.26 Å². The van der Waals surface area contributed by atoms with Crippen molar-refractivity contribution in [3.8, 4) is 0 Å². The summed E-state index contributed by atoms with van der Waals surface area (Å²) in [6.45, 7) is 0. The second kappa shape index (κ2) is 3.78. The highest BCUT2D eigenvalue weighted by Gasteiger charge is 2.28. The Labute approximate surface area is 72.1 Å². The third-order valence-corrected chi connectivity index (χ3v) is 1.54. The predicted molar refractivity (Wildman–Crippen MR) is 36.8 cm³/mol. The first-order valence-corrected chi connectivity index (χ1v) is 3.63. The summed E-state index contributed by atoms with van der Waals surface area (Å²) in [7, 11) is 0. The van der Waals surface area contributed by atoms with Gasteiger partial charge in [-0.2, -0.15) is 13.2 Å². The third-order valence-electron chi connectivity index (χ3n) is 1.54. The van der Waals surface area contributed by atoms with Crippen LogP contribution < -0.4 is 0 Å². The normalized spacial score (nSPS) is 14.5. The molecule has 0 aliphatic carbocycles. The first-order chi connectivity index (χ1) is 5.99. The Hall–Kier alpha value is -1.04. The van der Waals surface area contributed by atoms with Crippen LogP contribution in [0.1, 0.15) is 24.5 Å². The van der Waals surface area contributed by atoms with Gasteiger partial charge in [0.05, 0.1) is 12.3 Å². The fourth-order valence-electron chi connectivity index (χ4n) is 0.845. The van der Waals surface area contributed by atoms with Gasteiger partial charge in [0.1, 0.15) is 6.26 Å². The lowest BCUT2D eigenvalue weighted by molar-refractivity contribution is -0.140. The number of aliphatic hydroxyl groups excluding tert-OH is 1. The molecule has 13 heavy (non-hydrogen) atoms. The zero-order valence-electron chi connectivity index (χ0n) is 6.58. The zero-order chi connectivity index (χ0) is 9.90. The maximum absolute atomic E-state index is 11.7. The van der Waals surface area contributed by atoms with E-state index in [9.17, 15) is 18.3 Å². The number of alkyl halides is 3. The highest BCUT2D eigenvalue weighted by molar-refractivity contribution is 5.04. The molecule has 0 spiro atoms. The Morgan fingerprint density at radius 3 is 2.69 bits per heavy atom. The molecule has 1 unspecified atom stereocenters. The van der Waals surface area contributed by atoms with E-state index in [0.29, 0.717) is 0 Å². The molecule has 1 heterocycles. The van der Waals surface area contributed by atoms with Gasteiger partial charge >= 0.3 is 6.18 Å². The molecule has 0 fully saturated rings. The summed E-state index contributed by atoms with van der Waals surface area (Å²) in [5.41, 5.74) is 0.268. The molecule has 1 rings (SSSR count). The van der Waals surface area contributed by atoms with Gasteiger partial charge in [0, 0.05) is 12.0 Å². The van der Waals surface area contributed by atoms with E-state index in [4.69, 9.17) is 0 Å². The van der Waals surface area contributed by atoms with Crippen LogP contribution in [0.2, 0.25) is 0 Å². The molecule has 0 aliphatic rings. The van der Waals surface area contributed by atoms with Crippen LogP contribution in [0.25, 0.3) is 0 Å². The summed E-state index contributed by atoms with van der Waals surface area (Å²) < 4.78 is 39.5. The number of nitrogens with zero attached hydrogens (tertiary/aromatic N) is 1. The second-order valence-corrected chi connectivity index (χ2v) is 2.63. The summed E-state index contributed by atoms with van der Waals surface area (Å²) in [5.74, 6) is 0. The van der Waals surface area contributed by atoms with Crippen LogP contribution >= 0.6 is 0 Å². The van der Waals surface area contributed by atoms with Crippen LogP contribution in [0.4, 0.5) is 13.2 Å². The standard InChI is InChI=1S/C7H8F3NO2/c8-7(9,10)2-1-6(12)5-3-11-13-4-5/h3-4,6,12H,1-2H2. The molecule has 1 N–H and O–H groups in total. The molecule has 0 aromatic carbocycles. The van der Waals surface area contributed by atoms with Gasteiger partial charge in [-0.1, -0.05) is 5.16 Å². The quantitative estimate of drug-likeness (QED) is 0.802. The van der Waals surface area contributed by atoms with Crippen LogP contribution in [0.3, 0.4) is 0 Å². The minimum atomic E-state index is -4.24. The van der Waals surface area contributed by atoms with Crippen molar-refractivity contribution >= 4 is 0 Å². The largest absolute Gasteiger partial charge is 0.389 e. The van der Waals surface area contributed by atoms with Crippen molar-refractivity contribution in [2.75, 3.05) is 0 Å². The molecule has 1 aromatic heterocycles. The lowest BCUT2D eigenvalue weighted by atomic mass is 10.1. The topological polar surface area (TPSA) is 46.3 Å². The van der Waals surface area contributed by atoms with Crippen LogP contribution in [0, 0.1) is 0 Å². The summed E-state index contributed by atoms with van der Waals surface area (Å²) in [6.07, 6.45) is -4.46. The number of rotatable bonds is 3. The Kier molecular flexibility index (Phi) is 2.92. The SMILES string of the molecule is OC(CCC(F)(F)F)c1cnoc1. The average Bonchev–Trinajstić information content (AvgIpc) is 2.50. The number of aromatic nitrogens is 1. The van der Waals surface area contributed by atoms with Crippen LogP contribution in [-0.2, 0) is 0 Å². The van der Waals surface area contributed by atoms with Gasteiger partial charge in [-0.3, -0.25) is 0 Å². The second-order valence-electron chi connectivity index (χ2n) is 2.63. The van der Waals surface area contributed by atoms with Crippen molar-refractivity contribution in [1.82, 2.24) is 5.16 Å². The first kappa shape index (κ1) is 10.0. The number of hydrogen-bond acceptors (Lipinski definition) is 3. The summed E-state index contributed by atoms with van der Waals surface area (Å²) in [6, 6.07) is 0. The summed E-state index contributed by atoms with van der Waals surface area (Å²) in [5, 5.41) is 12.4. The average molecular weight is 195 g/mol. The van der Waals surface area contributed by atoms with Gasteiger partial charge in [0.2, 0.25) is 0 Å². The lowest BCUT2D eigenvalue weighted by Gasteiger charge is -2.09. The number of aliphatic hydroxyl groups is 1. The molecule has 0 aliphatic heterocycles. The van der Waals surface area contributed by atoms with E-state index in [1.54, 1.807) is 0 Å². The van der Waals surface area contributed by atoms with E-state index in [2.05, 4.69) is 9.68 Å². The Morgan fingerprint density at radius 1 is 1.54 bits per heavy atom. The van der Waals surface area contributed by atoms with E-state index in [1.807, 2.05) is 0 Å². The molecule has 1 aromatic rings. The molecule has 74 valence electrons. The minimum Gasteiger partial charge on any atom is -0.388 e. The predicted octanol–water partition coefficient (Wildman–Crippen LogP) is 2.05. The first-order valence-electron chi connectivity index (χ1n) is 3.63. The monoisotopic (exact) mass is 195 g/mol. The van der Waals surface area contributed by atoms with Gasteiger partial charge < -0.3 is 9.63 Å². The van der Waals surface area contributed by atoms with Crippen molar-refractivity contribution in [2.24, 2.45) is 0 Å². The van der Waals surface area contributed by atoms with E-state index in [1.165, 1.54) is 6.20 Å². The number of halogens is 3.